The summed E-state index contributed by atoms with van der Waals surface area (Å²) in [6.07, 6.45) is 3.61. The van der Waals surface area contributed by atoms with Crippen LogP contribution in [-0.2, 0) is 4.79 Å². The van der Waals surface area contributed by atoms with Gasteiger partial charge in [0.2, 0.25) is 5.91 Å². The lowest BCUT2D eigenvalue weighted by atomic mass is 9.97. The van der Waals surface area contributed by atoms with Crippen molar-refractivity contribution in [1.29, 1.82) is 0 Å². The van der Waals surface area contributed by atoms with Crippen molar-refractivity contribution in [2.45, 2.75) is 45.2 Å². The van der Waals surface area contributed by atoms with Gasteiger partial charge in [0.25, 0.3) is 0 Å². The zero-order valence-corrected chi connectivity index (χ0v) is 12.3. The van der Waals surface area contributed by atoms with Gasteiger partial charge in [-0.05, 0) is 44.9 Å². The molecule has 0 bridgehead atoms. The third kappa shape index (κ3) is 3.95. The molecule has 1 aromatic rings. The minimum Gasteiger partial charge on any atom is -0.325 e. The van der Waals surface area contributed by atoms with E-state index >= 15 is 0 Å². The van der Waals surface area contributed by atoms with Crippen LogP contribution in [0.5, 0.6) is 0 Å². The summed E-state index contributed by atoms with van der Waals surface area (Å²) in [5.41, 5.74) is 0.759. The topological polar surface area (TPSA) is 32.3 Å². The van der Waals surface area contributed by atoms with Gasteiger partial charge in [-0.2, -0.15) is 0 Å². The molecule has 1 fully saturated rings. The van der Waals surface area contributed by atoms with Crippen molar-refractivity contribution in [3.05, 3.63) is 29.3 Å². The van der Waals surface area contributed by atoms with E-state index in [2.05, 4.69) is 24.1 Å². The number of halogens is 1. The van der Waals surface area contributed by atoms with Crippen LogP contribution in [-0.4, -0.2) is 29.4 Å². The molecular formula is C15H21ClN2O. The van der Waals surface area contributed by atoms with Crippen molar-refractivity contribution in [3.63, 3.8) is 0 Å². The molecule has 0 aliphatic carbocycles. The van der Waals surface area contributed by atoms with E-state index in [0.29, 0.717) is 23.7 Å². The highest BCUT2D eigenvalue weighted by Crippen LogP contribution is 2.22. The maximum Gasteiger partial charge on any atom is 0.238 e. The van der Waals surface area contributed by atoms with E-state index in [9.17, 15) is 4.79 Å². The Bertz CT molecular complexity index is 440. The third-order valence-electron chi connectivity index (χ3n) is 3.81. The first-order valence-electron chi connectivity index (χ1n) is 6.87. The summed E-state index contributed by atoms with van der Waals surface area (Å²) >= 11 is 5.90. The van der Waals surface area contributed by atoms with Crippen LogP contribution in [0.3, 0.4) is 0 Å². The smallest absolute Gasteiger partial charge is 0.238 e. The quantitative estimate of drug-likeness (QED) is 0.918. The first-order chi connectivity index (χ1) is 9.06. The first kappa shape index (κ1) is 14.4. The van der Waals surface area contributed by atoms with Crippen molar-refractivity contribution in [3.8, 4) is 0 Å². The molecule has 1 saturated heterocycles. The number of benzene rings is 1. The van der Waals surface area contributed by atoms with E-state index in [0.717, 1.165) is 5.69 Å². The van der Waals surface area contributed by atoms with E-state index in [-0.39, 0.29) is 5.91 Å². The van der Waals surface area contributed by atoms with E-state index in [1.807, 2.05) is 12.1 Å². The molecule has 0 saturated carbocycles. The van der Waals surface area contributed by atoms with Gasteiger partial charge in [-0.1, -0.05) is 24.1 Å². The molecule has 0 spiro atoms. The van der Waals surface area contributed by atoms with Gasteiger partial charge in [0.05, 0.1) is 6.54 Å². The lowest BCUT2D eigenvalue weighted by Crippen LogP contribution is -2.47. The van der Waals surface area contributed by atoms with Gasteiger partial charge in [-0.3, -0.25) is 9.69 Å². The number of nitrogens with one attached hydrogen (secondary N) is 1. The van der Waals surface area contributed by atoms with Crippen molar-refractivity contribution in [1.82, 2.24) is 4.90 Å². The highest BCUT2D eigenvalue weighted by atomic mass is 35.5. The summed E-state index contributed by atoms with van der Waals surface area (Å²) in [4.78, 5) is 14.4. The molecule has 1 aliphatic rings. The molecule has 0 radical (unpaired) electrons. The Kier molecular flexibility index (Phi) is 4.83. The van der Waals surface area contributed by atoms with Gasteiger partial charge < -0.3 is 5.32 Å². The Hall–Kier alpha value is -1.06. The number of anilines is 1. The van der Waals surface area contributed by atoms with E-state index in [1.165, 1.54) is 19.3 Å². The second kappa shape index (κ2) is 6.40. The van der Waals surface area contributed by atoms with Gasteiger partial charge in [0.15, 0.2) is 0 Å². The molecule has 4 heteroatoms. The highest BCUT2D eigenvalue weighted by Gasteiger charge is 2.26. The van der Waals surface area contributed by atoms with Crippen molar-refractivity contribution < 1.29 is 4.79 Å². The molecule has 2 atom stereocenters. The Morgan fingerprint density at radius 2 is 2.05 bits per heavy atom. The van der Waals surface area contributed by atoms with Gasteiger partial charge >= 0.3 is 0 Å². The van der Waals surface area contributed by atoms with Crippen molar-refractivity contribution >= 4 is 23.2 Å². The summed E-state index contributed by atoms with van der Waals surface area (Å²) < 4.78 is 0. The van der Waals surface area contributed by atoms with Crippen molar-refractivity contribution in [2.75, 3.05) is 11.9 Å². The fraction of sp³-hybridized carbons (Fsp3) is 0.533. The summed E-state index contributed by atoms with van der Waals surface area (Å²) in [5.74, 6) is 0.0304. The summed E-state index contributed by atoms with van der Waals surface area (Å²) in [6, 6.07) is 8.22. The monoisotopic (exact) mass is 280 g/mol. The predicted molar refractivity (Wildman–Crippen MR) is 79.6 cm³/mol. The SMILES string of the molecule is CC1CCCC(C)N1CC(=O)Nc1cccc(Cl)c1. The zero-order valence-electron chi connectivity index (χ0n) is 11.5. The van der Waals surface area contributed by atoms with Crippen LogP contribution in [0.1, 0.15) is 33.1 Å². The number of hydrogen-bond acceptors (Lipinski definition) is 2. The minimum absolute atomic E-state index is 0.0304. The number of carbonyl (C=O) groups is 1. The molecule has 2 rings (SSSR count). The number of carbonyl (C=O) groups excluding carboxylic acids is 1. The molecule has 1 aromatic carbocycles. The van der Waals surface area contributed by atoms with Crippen LogP contribution in [0.2, 0.25) is 5.02 Å². The number of rotatable bonds is 3. The van der Waals surface area contributed by atoms with E-state index in [1.54, 1.807) is 12.1 Å². The van der Waals surface area contributed by atoms with Crippen LogP contribution < -0.4 is 5.32 Å². The first-order valence-corrected chi connectivity index (χ1v) is 7.25. The minimum atomic E-state index is 0.0304. The average Bonchev–Trinajstić information content (AvgIpc) is 2.34. The second-order valence-electron chi connectivity index (χ2n) is 5.36. The Labute approximate surface area is 119 Å². The predicted octanol–water partition coefficient (Wildman–Crippen LogP) is 3.54. The van der Waals surface area contributed by atoms with Crippen LogP contribution in [0.25, 0.3) is 0 Å². The van der Waals surface area contributed by atoms with Crippen LogP contribution in [0.4, 0.5) is 5.69 Å². The molecule has 1 amide bonds. The number of nitrogens with zero attached hydrogens (tertiary/aromatic N) is 1. The number of amides is 1. The van der Waals surface area contributed by atoms with Crippen LogP contribution in [0, 0.1) is 0 Å². The van der Waals surface area contributed by atoms with Gasteiger partial charge in [-0.15, -0.1) is 0 Å². The molecule has 2 unspecified atom stereocenters. The van der Waals surface area contributed by atoms with Crippen LogP contribution in [0.15, 0.2) is 24.3 Å². The van der Waals surface area contributed by atoms with E-state index < -0.39 is 0 Å². The number of hydrogen-bond donors (Lipinski definition) is 1. The lowest BCUT2D eigenvalue weighted by Gasteiger charge is -2.38. The van der Waals surface area contributed by atoms with Gasteiger partial charge in [-0.25, -0.2) is 0 Å². The normalized spacial score (nSPS) is 24.2. The molecule has 104 valence electrons. The molecule has 1 aliphatic heterocycles. The summed E-state index contributed by atoms with van der Waals surface area (Å²) in [7, 11) is 0. The average molecular weight is 281 g/mol. The molecule has 19 heavy (non-hydrogen) atoms. The Morgan fingerprint density at radius 1 is 1.37 bits per heavy atom. The van der Waals surface area contributed by atoms with Crippen LogP contribution >= 0.6 is 11.6 Å². The largest absolute Gasteiger partial charge is 0.325 e. The van der Waals surface area contributed by atoms with Gasteiger partial charge in [0, 0.05) is 22.8 Å². The Morgan fingerprint density at radius 3 is 2.68 bits per heavy atom. The Balaban J connectivity index is 1.93. The second-order valence-corrected chi connectivity index (χ2v) is 5.80. The molecule has 1 N–H and O–H groups in total. The number of likely N-dealkylation sites (tertiary alicyclic amines) is 1. The molecule has 1 heterocycles. The number of piperidine rings is 1. The zero-order chi connectivity index (χ0) is 13.8. The summed E-state index contributed by atoms with van der Waals surface area (Å²) in [6.45, 7) is 4.85. The fourth-order valence-electron chi connectivity index (χ4n) is 2.72. The molecule has 3 nitrogen and oxygen atoms in total. The third-order valence-corrected chi connectivity index (χ3v) is 4.05. The van der Waals surface area contributed by atoms with Gasteiger partial charge in [0.1, 0.15) is 0 Å². The highest BCUT2D eigenvalue weighted by molar-refractivity contribution is 6.30. The maximum atomic E-state index is 12.1. The van der Waals surface area contributed by atoms with E-state index in [4.69, 9.17) is 11.6 Å². The van der Waals surface area contributed by atoms with Crippen molar-refractivity contribution in [2.24, 2.45) is 0 Å². The molecule has 0 aromatic heterocycles. The standard InChI is InChI=1S/C15H21ClN2O/c1-11-5-3-6-12(2)18(11)10-15(19)17-14-8-4-7-13(16)9-14/h4,7-9,11-12H,3,5-6,10H2,1-2H3,(H,17,19). The molecular weight excluding hydrogens is 260 g/mol. The lowest BCUT2D eigenvalue weighted by molar-refractivity contribution is -0.118. The summed E-state index contributed by atoms with van der Waals surface area (Å²) in [5, 5.41) is 3.54. The maximum absolute atomic E-state index is 12.1. The fourth-order valence-corrected chi connectivity index (χ4v) is 2.91.